The summed E-state index contributed by atoms with van der Waals surface area (Å²) in [5.41, 5.74) is 7.20. The lowest BCUT2D eigenvalue weighted by Gasteiger charge is -2.32. The molecular weight excluding hydrogens is 401 g/mol. The molecule has 1 heterocycles. The van der Waals surface area contributed by atoms with Crippen LogP contribution in [0.25, 0.3) is 0 Å². The fourth-order valence-electron chi connectivity index (χ4n) is 3.59. The van der Waals surface area contributed by atoms with Crippen LogP contribution in [0.4, 0.5) is 4.39 Å². The molecule has 2 aromatic rings. The summed E-state index contributed by atoms with van der Waals surface area (Å²) in [5.74, 6) is -1.37. The van der Waals surface area contributed by atoms with E-state index in [4.69, 9.17) is 4.74 Å². The second-order valence-electron chi connectivity index (χ2n) is 7.75. The fraction of sp³-hybridized carbons (Fsp3) is 0.348. The van der Waals surface area contributed by atoms with E-state index in [9.17, 15) is 18.8 Å². The van der Waals surface area contributed by atoms with Gasteiger partial charge in [-0.05, 0) is 74.2 Å². The van der Waals surface area contributed by atoms with Crippen LogP contribution in [0, 0.1) is 25.6 Å². The van der Waals surface area contributed by atoms with Gasteiger partial charge in [0.1, 0.15) is 11.6 Å². The Labute approximate surface area is 180 Å². The number of piperidine rings is 1. The van der Waals surface area contributed by atoms with E-state index in [0.29, 0.717) is 30.7 Å². The summed E-state index contributed by atoms with van der Waals surface area (Å²) in [6.07, 6.45) is 1.27. The van der Waals surface area contributed by atoms with Crippen molar-refractivity contribution in [2.24, 2.45) is 5.92 Å². The van der Waals surface area contributed by atoms with E-state index in [1.165, 1.54) is 24.3 Å². The van der Waals surface area contributed by atoms with Crippen molar-refractivity contribution in [2.45, 2.75) is 26.7 Å². The van der Waals surface area contributed by atoms with Crippen molar-refractivity contribution in [1.29, 1.82) is 0 Å². The molecule has 0 saturated carbocycles. The molecule has 164 valence electrons. The van der Waals surface area contributed by atoms with Gasteiger partial charge in [-0.1, -0.05) is 6.07 Å². The highest BCUT2D eigenvalue weighted by Crippen LogP contribution is 2.19. The Morgan fingerprint density at radius 3 is 2.42 bits per heavy atom. The molecule has 1 aliphatic heterocycles. The minimum Gasteiger partial charge on any atom is -0.484 e. The minimum atomic E-state index is -0.484. The van der Waals surface area contributed by atoms with Gasteiger partial charge in [0.25, 0.3) is 11.8 Å². The Morgan fingerprint density at radius 1 is 1.06 bits per heavy atom. The number of carbonyl (C=O) groups excluding carboxylic acids is 3. The molecule has 2 aromatic carbocycles. The van der Waals surface area contributed by atoms with E-state index in [1.54, 1.807) is 4.90 Å². The van der Waals surface area contributed by atoms with Crippen LogP contribution >= 0.6 is 0 Å². The summed E-state index contributed by atoms with van der Waals surface area (Å²) in [6.45, 7) is 4.40. The van der Waals surface area contributed by atoms with Gasteiger partial charge in [-0.15, -0.1) is 0 Å². The Hall–Kier alpha value is -3.42. The number of amides is 3. The van der Waals surface area contributed by atoms with Crippen molar-refractivity contribution < 1.29 is 23.5 Å². The Bertz CT molecular complexity index is 942. The summed E-state index contributed by atoms with van der Waals surface area (Å²) in [7, 11) is 0. The van der Waals surface area contributed by atoms with Crippen molar-refractivity contribution in [1.82, 2.24) is 15.8 Å². The normalized spacial score (nSPS) is 15.8. The number of halogens is 1. The van der Waals surface area contributed by atoms with E-state index < -0.39 is 17.6 Å². The highest BCUT2D eigenvalue weighted by atomic mass is 19.1. The summed E-state index contributed by atoms with van der Waals surface area (Å²) < 4.78 is 18.5. The number of aryl methyl sites for hydroxylation is 2. The first-order chi connectivity index (χ1) is 14.8. The second kappa shape index (κ2) is 10.1. The van der Waals surface area contributed by atoms with Crippen molar-refractivity contribution in [3.63, 3.8) is 0 Å². The SMILES string of the molecule is Cc1cc(C)cc(OCC(=O)NNC(=O)C2CCCN(C(=O)c3ccc(F)cc3)C2)c1. The average Bonchev–Trinajstić information content (AvgIpc) is 2.75. The third-order valence-corrected chi connectivity index (χ3v) is 5.06. The molecule has 0 aromatic heterocycles. The molecule has 0 bridgehead atoms. The fourth-order valence-corrected chi connectivity index (χ4v) is 3.59. The van der Waals surface area contributed by atoms with E-state index in [1.807, 2.05) is 32.0 Å². The minimum absolute atomic E-state index is 0.233. The van der Waals surface area contributed by atoms with Crippen LogP contribution in [0.15, 0.2) is 42.5 Å². The number of rotatable bonds is 5. The van der Waals surface area contributed by atoms with Crippen LogP contribution in [0.1, 0.15) is 34.3 Å². The maximum absolute atomic E-state index is 13.1. The van der Waals surface area contributed by atoms with Crippen molar-refractivity contribution >= 4 is 17.7 Å². The quantitative estimate of drug-likeness (QED) is 0.718. The molecule has 1 fully saturated rings. The van der Waals surface area contributed by atoms with E-state index in [2.05, 4.69) is 10.9 Å². The van der Waals surface area contributed by atoms with Crippen LogP contribution in [-0.4, -0.2) is 42.3 Å². The van der Waals surface area contributed by atoms with Crippen LogP contribution < -0.4 is 15.6 Å². The van der Waals surface area contributed by atoms with Crippen LogP contribution in [0.3, 0.4) is 0 Å². The average molecular weight is 427 g/mol. The molecule has 3 amide bonds. The maximum Gasteiger partial charge on any atom is 0.276 e. The first kappa shape index (κ1) is 22.3. The van der Waals surface area contributed by atoms with E-state index >= 15 is 0 Å². The summed E-state index contributed by atoms with van der Waals surface area (Å²) in [6, 6.07) is 11.0. The van der Waals surface area contributed by atoms with Gasteiger partial charge in [-0.2, -0.15) is 0 Å². The van der Waals surface area contributed by atoms with Gasteiger partial charge in [0.15, 0.2) is 6.61 Å². The largest absolute Gasteiger partial charge is 0.484 e. The van der Waals surface area contributed by atoms with Gasteiger partial charge in [-0.25, -0.2) is 4.39 Å². The number of nitrogens with zero attached hydrogens (tertiary/aromatic N) is 1. The predicted molar refractivity (Wildman–Crippen MR) is 113 cm³/mol. The molecule has 0 spiro atoms. The molecule has 7 nitrogen and oxygen atoms in total. The highest BCUT2D eigenvalue weighted by Gasteiger charge is 2.29. The Kier molecular flexibility index (Phi) is 7.23. The third kappa shape index (κ3) is 6.28. The van der Waals surface area contributed by atoms with E-state index in [0.717, 1.165) is 11.1 Å². The Morgan fingerprint density at radius 2 is 1.74 bits per heavy atom. The number of hydrogen-bond donors (Lipinski definition) is 2. The van der Waals surface area contributed by atoms with Gasteiger partial charge in [0, 0.05) is 18.7 Å². The van der Waals surface area contributed by atoms with Crippen LogP contribution in [0.5, 0.6) is 5.75 Å². The predicted octanol–water partition coefficient (Wildman–Crippen LogP) is 2.52. The van der Waals surface area contributed by atoms with Gasteiger partial charge >= 0.3 is 0 Å². The van der Waals surface area contributed by atoms with Crippen molar-refractivity contribution in [2.75, 3.05) is 19.7 Å². The van der Waals surface area contributed by atoms with Gasteiger partial charge in [0.2, 0.25) is 5.91 Å². The van der Waals surface area contributed by atoms with Crippen molar-refractivity contribution in [3.8, 4) is 5.75 Å². The molecule has 8 heteroatoms. The van der Waals surface area contributed by atoms with Crippen LogP contribution in [-0.2, 0) is 9.59 Å². The number of benzene rings is 2. The van der Waals surface area contributed by atoms with Gasteiger partial charge in [-0.3, -0.25) is 25.2 Å². The zero-order valence-corrected chi connectivity index (χ0v) is 17.6. The molecule has 1 saturated heterocycles. The van der Waals surface area contributed by atoms with E-state index in [-0.39, 0.29) is 25.0 Å². The molecule has 0 aliphatic carbocycles. The first-order valence-corrected chi connectivity index (χ1v) is 10.2. The molecular formula is C23H26FN3O4. The zero-order chi connectivity index (χ0) is 22.4. The molecule has 3 rings (SSSR count). The lowest BCUT2D eigenvalue weighted by molar-refractivity contribution is -0.132. The number of carbonyl (C=O) groups is 3. The summed E-state index contributed by atoms with van der Waals surface area (Å²) >= 11 is 0. The third-order valence-electron chi connectivity index (χ3n) is 5.06. The van der Waals surface area contributed by atoms with Gasteiger partial charge < -0.3 is 9.64 Å². The number of hydrazine groups is 1. The second-order valence-corrected chi connectivity index (χ2v) is 7.75. The zero-order valence-electron chi connectivity index (χ0n) is 17.6. The van der Waals surface area contributed by atoms with Gasteiger partial charge in [0.05, 0.1) is 5.92 Å². The molecule has 2 N–H and O–H groups in total. The number of likely N-dealkylation sites (tertiary alicyclic amines) is 1. The standard InChI is InChI=1S/C23H26FN3O4/c1-15-10-16(2)12-20(11-15)31-14-21(28)25-26-22(29)18-4-3-9-27(13-18)23(30)17-5-7-19(24)8-6-17/h5-8,10-12,18H,3-4,9,13-14H2,1-2H3,(H,25,28)(H,26,29). The molecule has 1 atom stereocenters. The molecule has 0 radical (unpaired) electrons. The lowest BCUT2D eigenvalue weighted by atomic mass is 9.96. The number of ether oxygens (including phenoxy) is 1. The Balaban J connectivity index is 1.46. The van der Waals surface area contributed by atoms with Crippen molar-refractivity contribution in [3.05, 3.63) is 65.0 Å². The highest BCUT2D eigenvalue weighted by molar-refractivity contribution is 5.94. The summed E-state index contributed by atoms with van der Waals surface area (Å²) in [4.78, 5) is 38.6. The first-order valence-electron chi connectivity index (χ1n) is 10.2. The molecule has 1 unspecified atom stereocenters. The monoisotopic (exact) mass is 427 g/mol. The lowest BCUT2D eigenvalue weighted by Crippen LogP contribution is -2.50. The topological polar surface area (TPSA) is 87.7 Å². The number of nitrogens with one attached hydrogen (secondary N) is 2. The summed E-state index contributed by atoms with van der Waals surface area (Å²) in [5, 5.41) is 0. The smallest absolute Gasteiger partial charge is 0.276 e. The number of hydrogen-bond acceptors (Lipinski definition) is 4. The molecule has 1 aliphatic rings. The van der Waals surface area contributed by atoms with Crippen LogP contribution in [0.2, 0.25) is 0 Å². The maximum atomic E-state index is 13.1. The molecule has 31 heavy (non-hydrogen) atoms.